The molecule has 1 unspecified atom stereocenters. The molecule has 3 aliphatic heterocycles. The van der Waals surface area contributed by atoms with Crippen molar-refractivity contribution >= 4 is 28.5 Å². The van der Waals surface area contributed by atoms with Crippen LogP contribution in [-0.2, 0) is 0 Å². The van der Waals surface area contributed by atoms with Crippen molar-refractivity contribution in [2.75, 3.05) is 19.6 Å². The monoisotopic (exact) mass is 305 g/mol. The van der Waals surface area contributed by atoms with E-state index >= 15 is 0 Å². The topological polar surface area (TPSA) is 58.4 Å². The number of carbonyl (C=O) groups is 1. The fourth-order valence-corrected chi connectivity index (χ4v) is 3.59. The van der Waals surface area contributed by atoms with Crippen LogP contribution in [0.2, 0.25) is 5.02 Å². The Hall–Kier alpha value is -1.59. The molecule has 3 fully saturated rings. The number of hydrogen-bond donors (Lipinski definition) is 1. The molecule has 5 nitrogen and oxygen atoms in total. The van der Waals surface area contributed by atoms with Gasteiger partial charge < -0.3 is 14.6 Å². The summed E-state index contributed by atoms with van der Waals surface area (Å²) in [7, 11) is 0. The number of fused-ring (bicyclic) bond motifs is 4. The molecule has 6 heteroatoms. The second-order valence-electron chi connectivity index (χ2n) is 5.87. The highest BCUT2D eigenvalue weighted by molar-refractivity contribution is 6.35. The second-order valence-corrected chi connectivity index (χ2v) is 6.27. The summed E-state index contributed by atoms with van der Waals surface area (Å²) in [6.45, 7) is 3.27. The largest absolute Gasteiger partial charge is 0.461 e. The van der Waals surface area contributed by atoms with Crippen LogP contribution in [0.15, 0.2) is 22.9 Å². The van der Waals surface area contributed by atoms with E-state index < -0.39 is 0 Å². The predicted molar refractivity (Wildman–Crippen MR) is 79.4 cm³/mol. The van der Waals surface area contributed by atoms with E-state index in [-0.39, 0.29) is 11.9 Å². The number of carbonyl (C=O) groups excluding carboxylic acids is 1. The van der Waals surface area contributed by atoms with Gasteiger partial charge in [0.1, 0.15) is 12.0 Å². The van der Waals surface area contributed by atoms with Gasteiger partial charge in [-0.2, -0.15) is 0 Å². The van der Waals surface area contributed by atoms with Gasteiger partial charge in [0.25, 0.3) is 5.91 Å². The molecule has 0 saturated carbocycles. The van der Waals surface area contributed by atoms with Crippen molar-refractivity contribution in [3.63, 3.8) is 0 Å². The molecule has 2 aromatic rings. The molecule has 2 bridgehead atoms. The summed E-state index contributed by atoms with van der Waals surface area (Å²) in [5, 5.41) is 4.36. The van der Waals surface area contributed by atoms with Gasteiger partial charge in [0.2, 0.25) is 0 Å². The molecule has 0 spiro atoms. The first kappa shape index (κ1) is 13.1. The lowest BCUT2D eigenvalue weighted by atomic mass is 9.84. The smallest absolute Gasteiger partial charge is 0.270 e. The maximum atomic E-state index is 12.4. The summed E-state index contributed by atoms with van der Waals surface area (Å²) < 4.78 is 5.24. The molecule has 5 rings (SSSR count). The number of furan rings is 1. The minimum Gasteiger partial charge on any atom is -0.461 e. The summed E-state index contributed by atoms with van der Waals surface area (Å²) in [6, 6.07) is 1.93. The Bertz CT molecular complexity index is 691. The second kappa shape index (κ2) is 5.00. The average Bonchev–Trinajstić information content (AvgIpc) is 2.89. The van der Waals surface area contributed by atoms with E-state index in [2.05, 4.69) is 15.2 Å². The van der Waals surface area contributed by atoms with Gasteiger partial charge in [0.05, 0.1) is 11.2 Å². The van der Waals surface area contributed by atoms with E-state index in [1.54, 1.807) is 12.3 Å². The third-order valence-corrected chi connectivity index (χ3v) is 4.91. The van der Waals surface area contributed by atoms with E-state index in [9.17, 15) is 4.79 Å². The fraction of sp³-hybridized carbons (Fsp3) is 0.467. The highest BCUT2D eigenvalue weighted by Gasteiger charge is 2.35. The fourth-order valence-electron chi connectivity index (χ4n) is 3.40. The van der Waals surface area contributed by atoms with Gasteiger partial charge in [-0.05, 0) is 37.9 Å². The van der Waals surface area contributed by atoms with Crippen LogP contribution in [0.1, 0.15) is 23.3 Å². The van der Waals surface area contributed by atoms with Crippen molar-refractivity contribution in [1.82, 2.24) is 15.2 Å². The zero-order valence-corrected chi connectivity index (χ0v) is 12.3. The number of pyridine rings is 1. The number of piperidine rings is 3. The van der Waals surface area contributed by atoms with E-state index in [4.69, 9.17) is 16.0 Å². The van der Waals surface area contributed by atoms with Crippen LogP contribution in [0.4, 0.5) is 0 Å². The van der Waals surface area contributed by atoms with Crippen molar-refractivity contribution in [1.29, 1.82) is 0 Å². The Kier molecular flexibility index (Phi) is 3.12. The Morgan fingerprint density at radius 2 is 2.24 bits per heavy atom. The molecule has 0 aromatic carbocycles. The summed E-state index contributed by atoms with van der Waals surface area (Å²) in [6.07, 6.45) is 5.35. The van der Waals surface area contributed by atoms with E-state index in [0.717, 1.165) is 25.0 Å². The first-order chi connectivity index (χ1) is 10.2. The van der Waals surface area contributed by atoms with Crippen LogP contribution in [-0.4, -0.2) is 41.5 Å². The van der Waals surface area contributed by atoms with Crippen molar-refractivity contribution in [2.24, 2.45) is 5.92 Å². The summed E-state index contributed by atoms with van der Waals surface area (Å²) >= 11 is 6.03. The zero-order chi connectivity index (χ0) is 14.4. The first-order valence-corrected chi connectivity index (χ1v) is 7.64. The predicted octanol–water partition coefficient (Wildman–Crippen LogP) is 2.31. The Morgan fingerprint density at radius 1 is 1.43 bits per heavy atom. The molecule has 1 atom stereocenters. The van der Waals surface area contributed by atoms with Gasteiger partial charge in [-0.15, -0.1) is 0 Å². The van der Waals surface area contributed by atoms with Gasteiger partial charge in [-0.1, -0.05) is 11.6 Å². The molecular formula is C15H16ClN3O2. The number of amides is 1. The number of nitrogens with one attached hydrogen (secondary N) is 1. The third-order valence-electron chi connectivity index (χ3n) is 4.62. The normalized spacial score (nSPS) is 28.0. The Labute approximate surface area is 127 Å². The van der Waals surface area contributed by atoms with Gasteiger partial charge in [-0.25, -0.2) is 4.98 Å². The Morgan fingerprint density at radius 3 is 2.95 bits per heavy atom. The highest BCUT2D eigenvalue weighted by Crippen LogP contribution is 2.28. The molecule has 110 valence electrons. The number of aromatic nitrogens is 1. The lowest BCUT2D eigenvalue weighted by Gasteiger charge is -2.44. The molecule has 3 saturated heterocycles. The summed E-state index contributed by atoms with van der Waals surface area (Å²) in [5.74, 6) is 0.466. The number of rotatable bonds is 2. The molecule has 0 aliphatic carbocycles. The summed E-state index contributed by atoms with van der Waals surface area (Å²) in [5.41, 5.74) is 0.988. The Balaban J connectivity index is 1.54. The molecule has 3 aliphatic rings. The van der Waals surface area contributed by atoms with Crippen molar-refractivity contribution in [3.8, 4) is 0 Å². The number of halogens is 1. The lowest BCUT2D eigenvalue weighted by molar-refractivity contribution is 0.0618. The number of hydrogen-bond acceptors (Lipinski definition) is 4. The van der Waals surface area contributed by atoms with E-state index in [1.165, 1.54) is 19.1 Å². The van der Waals surface area contributed by atoms with Crippen LogP contribution < -0.4 is 5.32 Å². The minimum absolute atomic E-state index is 0.132. The quantitative estimate of drug-likeness (QED) is 0.925. The maximum Gasteiger partial charge on any atom is 0.270 e. The van der Waals surface area contributed by atoms with Crippen LogP contribution in [0.25, 0.3) is 11.0 Å². The molecule has 21 heavy (non-hydrogen) atoms. The van der Waals surface area contributed by atoms with Crippen molar-refractivity contribution < 1.29 is 9.21 Å². The zero-order valence-electron chi connectivity index (χ0n) is 11.5. The van der Waals surface area contributed by atoms with Crippen LogP contribution in [0, 0.1) is 5.92 Å². The molecule has 1 amide bonds. The average molecular weight is 306 g/mol. The van der Waals surface area contributed by atoms with Crippen molar-refractivity contribution in [3.05, 3.63) is 29.2 Å². The third kappa shape index (κ3) is 2.30. The SMILES string of the molecule is O=C(NC1CN2CCC1CC2)c1cc2c(Cl)coc2cn1. The standard InChI is InChI=1S/C15H16ClN3O2/c16-11-8-21-14-6-17-12(5-10(11)14)15(20)18-13-7-19-3-1-9(13)2-4-19/h5-6,8-9,13H,1-4,7H2,(H,18,20). The van der Waals surface area contributed by atoms with Crippen LogP contribution in [0.5, 0.6) is 0 Å². The summed E-state index contributed by atoms with van der Waals surface area (Å²) in [4.78, 5) is 19.0. The molecule has 2 aromatic heterocycles. The molecular weight excluding hydrogens is 290 g/mol. The van der Waals surface area contributed by atoms with Crippen LogP contribution in [0.3, 0.4) is 0 Å². The molecule has 5 heterocycles. The van der Waals surface area contributed by atoms with Gasteiger partial charge in [0.15, 0.2) is 5.58 Å². The number of nitrogens with zero attached hydrogens (tertiary/aromatic N) is 2. The van der Waals surface area contributed by atoms with E-state index in [1.807, 2.05) is 0 Å². The highest BCUT2D eigenvalue weighted by atomic mass is 35.5. The van der Waals surface area contributed by atoms with Gasteiger partial charge in [0, 0.05) is 18.0 Å². The van der Waals surface area contributed by atoms with Crippen molar-refractivity contribution in [2.45, 2.75) is 18.9 Å². The van der Waals surface area contributed by atoms with Gasteiger partial charge >= 0.3 is 0 Å². The molecule has 0 radical (unpaired) electrons. The minimum atomic E-state index is -0.132. The molecule has 1 N–H and O–H groups in total. The van der Waals surface area contributed by atoms with E-state index in [0.29, 0.717) is 22.2 Å². The van der Waals surface area contributed by atoms with Crippen LogP contribution >= 0.6 is 11.6 Å². The lowest BCUT2D eigenvalue weighted by Crippen LogP contribution is -2.57. The van der Waals surface area contributed by atoms with Gasteiger partial charge in [-0.3, -0.25) is 4.79 Å². The maximum absolute atomic E-state index is 12.4. The first-order valence-electron chi connectivity index (χ1n) is 7.26.